The molecule has 1 amide bonds. The van der Waals surface area contributed by atoms with Crippen LogP contribution in [0.5, 0.6) is 0 Å². The summed E-state index contributed by atoms with van der Waals surface area (Å²) in [6, 6.07) is 4.71. The molecule has 1 N–H and O–H groups in total. The first-order valence-corrected chi connectivity index (χ1v) is 8.87. The Balaban J connectivity index is 1.76. The number of hydrogen-bond acceptors (Lipinski definition) is 5. The summed E-state index contributed by atoms with van der Waals surface area (Å²) < 4.78 is 0. The molecule has 0 aromatic carbocycles. The number of aliphatic hydroxyl groups excluding tert-OH is 1. The highest BCUT2D eigenvalue weighted by molar-refractivity contribution is 5.73. The van der Waals surface area contributed by atoms with Gasteiger partial charge in [-0.05, 0) is 25.3 Å². The summed E-state index contributed by atoms with van der Waals surface area (Å²) in [5, 5.41) is 9.76. The molecule has 0 bridgehead atoms. The van der Waals surface area contributed by atoms with Gasteiger partial charge in [-0.25, -0.2) is 4.98 Å². The number of likely N-dealkylation sites (tertiary alicyclic amines) is 1. The van der Waals surface area contributed by atoms with E-state index >= 15 is 0 Å². The Morgan fingerprint density at radius 2 is 2.04 bits per heavy atom. The summed E-state index contributed by atoms with van der Waals surface area (Å²) in [5.74, 6) is 1.15. The molecule has 1 unspecified atom stereocenters. The van der Waals surface area contributed by atoms with E-state index in [4.69, 9.17) is 0 Å². The van der Waals surface area contributed by atoms with E-state index in [0.29, 0.717) is 6.04 Å². The summed E-state index contributed by atoms with van der Waals surface area (Å²) >= 11 is 0. The molecule has 0 radical (unpaired) electrons. The van der Waals surface area contributed by atoms with Gasteiger partial charge < -0.3 is 14.9 Å². The van der Waals surface area contributed by atoms with Crippen LogP contribution in [0, 0.1) is 0 Å². The van der Waals surface area contributed by atoms with Crippen molar-refractivity contribution in [3.8, 4) is 0 Å². The lowest BCUT2D eigenvalue weighted by Crippen LogP contribution is -2.49. The van der Waals surface area contributed by atoms with Crippen molar-refractivity contribution in [2.75, 3.05) is 38.2 Å². The van der Waals surface area contributed by atoms with Crippen molar-refractivity contribution < 1.29 is 9.90 Å². The molecule has 1 aromatic heterocycles. The molecular formula is C18H28N4O2. The van der Waals surface area contributed by atoms with E-state index in [2.05, 4.69) is 20.9 Å². The van der Waals surface area contributed by atoms with Crippen LogP contribution in [-0.2, 0) is 11.3 Å². The Kier molecular flexibility index (Phi) is 5.36. The van der Waals surface area contributed by atoms with Gasteiger partial charge in [0.1, 0.15) is 5.82 Å². The SMILES string of the molecule is CC(=O)N1CCC(N2CCC(CO)N(C)c3ncccc3C2)CC1. The number of anilines is 1. The van der Waals surface area contributed by atoms with Gasteiger partial charge in [-0.3, -0.25) is 9.69 Å². The number of rotatable bonds is 2. The van der Waals surface area contributed by atoms with Gasteiger partial charge in [0.2, 0.25) is 5.91 Å². The van der Waals surface area contributed by atoms with Gasteiger partial charge in [0, 0.05) is 58.0 Å². The topological polar surface area (TPSA) is 59.9 Å². The van der Waals surface area contributed by atoms with Crippen molar-refractivity contribution in [1.29, 1.82) is 0 Å². The fourth-order valence-corrected chi connectivity index (χ4v) is 3.92. The van der Waals surface area contributed by atoms with Gasteiger partial charge in [-0.15, -0.1) is 0 Å². The summed E-state index contributed by atoms with van der Waals surface area (Å²) in [6.45, 7) is 5.34. The number of pyridine rings is 1. The third-order valence-electron chi connectivity index (χ3n) is 5.51. The van der Waals surface area contributed by atoms with Gasteiger partial charge in [-0.1, -0.05) is 6.07 Å². The van der Waals surface area contributed by atoms with Crippen molar-refractivity contribution in [2.45, 2.75) is 44.8 Å². The van der Waals surface area contributed by atoms with Crippen LogP contribution >= 0.6 is 0 Å². The largest absolute Gasteiger partial charge is 0.394 e. The quantitative estimate of drug-likeness (QED) is 0.879. The molecule has 3 rings (SSSR count). The molecule has 6 nitrogen and oxygen atoms in total. The van der Waals surface area contributed by atoms with E-state index < -0.39 is 0 Å². The first-order chi connectivity index (χ1) is 11.6. The number of hydrogen-bond donors (Lipinski definition) is 1. The lowest BCUT2D eigenvalue weighted by Gasteiger charge is -2.41. The van der Waals surface area contributed by atoms with E-state index in [1.807, 2.05) is 24.2 Å². The molecule has 132 valence electrons. The highest BCUT2D eigenvalue weighted by atomic mass is 16.3. The lowest BCUT2D eigenvalue weighted by molar-refractivity contribution is -0.130. The Morgan fingerprint density at radius 3 is 2.71 bits per heavy atom. The number of carbonyl (C=O) groups excluding carboxylic acids is 1. The summed E-state index contributed by atoms with van der Waals surface area (Å²) in [7, 11) is 2.02. The number of aliphatic hydroxyl groups is 1. The maximum absolute atomic E-state index is 11.5. The standard InChI is InChI=1S/C18H28N4O2/c1-14(24)21-9-5-16(6-10-21)22-11-7-17(13-23)20(2)18-15(12-22)4-3-8-19-18/h3-4,8,16-17,23H,5-7,9-13H2,1-2H3. The number of carbonyl (C=O) groups is 1. The molecule has 2 aliphatic rings. The number of amides is 1. The zero-order valence-electron chi connectivity index (χ0n) is 14.7. The molecule has 0 spiro atoms. The summed E-state index contributed by atoms with van der Waals surface area (Å²) in [6.07, 6.45) is 4.79. The summed E-state index contributed by atoms with van der Waals surface area (Å²) in [5.41, 5.74) is 1.21. The average molecular weight is 332 g/mol. The number of aromatic nitrogens is 1. The molecule has 1 fully saturated rings. The van der Waals surface area contributed by atoms with Crippen LogP contribution in [0.3, 0.4) is 0 Å². The fraction of sp³-hybridized carbons (Fsp3) is 0.667. The molecule has 3 heterocycles. The van der Waals surface area contributed by atoms with E-state index in [9.17, 15) is 9.90 Å². The predicted octanol–water partition coefficient (Wildman–Crippen LogP) is 1.10. The predicted molar refractivity (Wildman–Crippen MR) is 93.8 cm³/mol. The lowest BCUT2D eigenvalue weighted by atomic mass is 10.00. The average Bonchev–Trinajstić information content (AvgIpc) is 2.60. The van der Waals surface area contributed by atoms with Crippen LogP contribution in [0.1, 0.15) is 31.7 Å². The fourth-order valence-electron chi connectivity index (χ4n) is 3.92. The molecule has 0 aliphatic carbocycles. The van der Waals surface area contributed by atoms with Crippen LogP contribution in [0.15, 0.2) is 18.3 Å². The van der Waals surface area contributed by atoms with Crippen LogP contribution in [0.4, 0.5) is 5.82 Å². The second kappa shape index (κ2) is 7.49. The van der Waals surface area contributed by atoms with Crippen LogP contribution < -0.4 is 4.90 Å². The smallest absolute Gasteiger partial charge is 0.219 e. The van der Waals surface area contributed by atoms with Gasteiger partial charge in [0.25, 0.3) is 0 Å². The maximum atomic E-state index is 11.5. The maximum Gasteiger partial charge on any atom is 0.219 e. The van der Waals surface area contributed by atoms with Gasteiger partial charge >= 0.3 is 0 Å². The van der Waals surface area contributed by atoms with E-state index in [0.717, 1.165) is 51.3 Å². The van der Waals surface area contributed by atoms with Gasteiger partial charge in [0.05, 0.1) is 12.6 Å². The molecule has 1 aromatic rings. The highest BCUT2D eigenvalue weighted by Crippen LogP contribution is 2.27. The number of nitrogens with zero attached hydrogens (tertiary/aromatic N) is 4. The minimum absolute atomic E-state index is 0.0961. The Bertz CT molecular complexity index is 572. The minimum atomic E-state index is 0.0961. The Labute approximate surface area is 144 Å². The van der Waals surface area contributed by atoms with Crippen LogP contribution in [-0.4, -0.2) is 71.2 Å². The van der Waals surface area contributed by atoms with Crippen molar-refractivity contribution in [3.05, 3.63) is 23.9 Å². The zero-order chi connectivity index (χ0) is 17.1. The first-order valence-electron chi connectivity index (χ1n) is 8.87. The van der Waals surface area contributed by atoms with Gasteiger partial charge in [0.15, 0.2) is 0 Å². The third-order valence-corrected chi connectivity index (χ3v) is 5.51. The molecule has 1 atom stereocenters. The zero-order valence-corrected chi connectivity index (χ0v) is 14.7. The first kappa shape index (κ1) is 17.2. The molecular weight excluding hydrogens is 304 g/mol. The second-order valence-corrected chi connectivity index (χ2v) is 6.93. The normalized spacial score (nSPS) is 23.5. The van der Waals surface area contributed by atoms with Crippen LogP contribution in [0.2, 0.25) is 0 Å². The molecule has 1 saturated heterocycles. The van der Waals surface area contributed by atoms with E-state index in [1.54, 1.807) is 6.92 Å². The summed E-state index contributed by atoms with van der Waals surface area (Å²) in [4.78, 5) is 22.7. The number of fused-ring (bicyclic) bond motifs is 1. The Hall–Kier alpha value is -1.66. The number of likely N-dealkylation sites (N-methyl/N-ethyl adjacent to an activating group) is 1. The van der Waals surface area contributed by atoms with E-state index in [-0.39, 0.29) is 18.6 Å². The molecule has 2 aliphatic heterocycles. The molecule has 24 heavy (non-hydrogen) atoms. The number of piperidine rings is 1. The highest BCUT2D eigenvalue weighted by Gasteiger charge is 2.29. The monoisotopic (exact) mass is 332 g/mol. The van der Waals surface area contributed by atoms with E-state index in [1.165, 1.54) is 5.56 Å². The molecule has 6 heteroatoms. The van der Waals surface area contributed by atoms with Crippen LogP contribution in [0.25, 0.3) is 0 Å². The Morgan fingerprint density at radius 1 is 1.29 bits per heavy atom. The van der Waals surface area contributed by atoms with Crippen molar-refractivity contribution >= 4 is 11.7 Å². The van der Waals surface area contributed by atoms with Crippen molar-refractivity contribution in [3.63, 3.8) is 0 Å². The van der Waals surface area contributed by atoms with Crippen molar-refractivity contribution in [1.82, 2.24) is 14.8 Å². The van der Waals surface area contributed by atoms with Gasteiger partial charge in [-0.2, -0.15) is 0 Å². The second-order valence-electron chi connectivity index (χ2n) is 6.93. The molecule has 0 saturated carbocycles. The minimum Gasteiger partial charge on any atom is -0.394 e. The van der Waals surface area contributed by atoms with Crippen molar-refractivity contribution in [2.24, 2.45) is 0 Å². The third kappa shape index (κ3) is 3.54.